The van der Waals surface area contributed by atoms with Gasteiger partial charge in [0, 0.05) is 31.4 Å². The van der Waals surface area contributed by atoms with Crippen molar-refractivity contribution in [3.8, 4) is 17.3 Å². The highest BCUT2D eigenvalue weighted by Gasteiger charge is 2.26. The predicted molar refractivity (Wildman–Crippen MR) is 131 cm³/mol. The van der Waals surface area contributed by atoms with Crippen molar-refractivity contribution >= 4 is 16.8 Å². The van der Waals surface area contributed by atoms with Gasteiger partial charge in [-0.15, -0.1) is 0 Å². The average molecular weight is 467 g/mol. The zero-order valence-corrected chi connectivity index (χ0v) is 20.6. The highest BCUT2D eigenvalue weighted by Crippen LogP contribution is 2.28. The maximum atomic E-state index is 13.0. The minimum atomic E-state index is -0.304. The normalized spacial score (nSPS) is 14.5. The van der Waals surface area contributed by atoms with Gasteiger partial charge in [-0.1, -0.05) is 27.2 Å². The molecule has 4 heterocycles. The summed E-state index contributed by atoms with van der Waals surface area (Å²) in [7, 11) is 0. The number of fused-ring (bicyclic) bond motifs is 1. The molecule has 4 rings (SSSR count). The average Bonchev–Trinajstić information content (AvgIpc) is 3.16. The van der Waals surface area contributed by atoms with E-state index in [9.17, 15) is 9.59 Å². The molecule has 9 heteroatoms. The number of ketones is 1. The Labute approximate surface area is 199 Å². The van der Waals surface area contributed by atoms with Crippen molar-refractivity contribution in [2.24, 2.45) is 5.92 Å². The highest BCUT2D eigenvalue weighted by atomic mass is 16.5. The fraction of sp³-hybridized carbons (Fsp3) is 0.560. The Bertz CT molecular complexity index is 1230. The van der Waals surface area contributed by atoms with E-state index in [-0.39, 0.29) is 11.3 Å². The van der Waals surface area contributed by atoms with Gasteiger partial charge < -0.3 is 14.6 Å². The summed E-state index contributed by atoms with van der Waals surface area (Å²) in [5.74, 6) is 1.25. The van der Waals surface area contributed by atoms with Gasteiger partial charge in [-0.2, -0.15) is 5.10 Å². The molecule has 0 aliphatic carbocycles. The number of nitrogens with one attached hydrogen (secondary N) is 1. The smallest absolute Gasteiger partial charge is 0.279 e. The number of nitrogens with zero attached hydrogens (tertiary/aromatic N) is 5. The van der Waals surface area contributed by atoms with Gasteiger partial charge in [0.25, 0.3) is 5.56 Å². The Morgan fingerprint density at radius 1 is 1.24 bits per heavy atom. The molecule has 1 aliphatic heterocycles. The minimum absolute atomic E-state index is 0.114. The molecule has 0 atom stereocenters. The molecule has 0 saturated carbocycles. The van der Waals surface area contributed by atoms with E-state index in [0.29, 0.717) is 52.8 Å². The van der Waals surface area contributed by atoms with E-state index in [1.54, 1.807) is 6.07 Å². The van der Waals surface area contributed by atoms with Crippen molar-refractivity contribution in [3.63, 3.8) is 0 Å². The number of aryl methyl sites for hydroxylation is 2. The van der Waals surface area contributed by atoms with Crippen LogP contribution < -0.4 is 10.3 Å². The fourth-order valence-corrected chi connectivity index (χ4v) is 4.39. The molecular weight excluding hydrogens is 432 g/mol. The van der Waals surface area contributed by atoms with Gasteiger partial charge in [-0.3, -0.25) is 14.3 Å². The van der Waals surface area contributed by atoms with Crippen LogP contribution in [0.3, 0.4) is 0 Å². The Morgan fingerprint density at radius 3 is 2.71 bits per heavy atom. The van der Waals surface area contributed by atoms with Crippen molar-refractivity contribution in [2.75, 3.05) is 26.2 Å². The number of carbonyl (C=O) groups is 1. The van der Waals surface area contributed by atoms with Crippen LogP contribution in [0.4, 0.5) is 0 Å². The lowest BCUT2D eigenvalue weighted by atomic mass is 9.96. The van der Waals surface area contributed by atoms with E-state index < -0.39 is 0 Å². The molecule has 3 aromatic rings. The number of hydrogen-bond acceptors (Lipinski definition) is 7. The number of likely N-dealkylation sites (tertiary alicyclic amines) is 1. The first-order valence-electron chi connectivity index (χ1n) is 12.3. The molecule has 3 aromatic heterocycles. The number of rotatable bonds is 11. The number of Topliss-reactive ketones (excluding diaryl/α,β-unsaturated/α-hetero) is 1. The van der Waals surface area contributed by atoms with Crippen LogP contribution in [0, 0.1) is 5.92 Å². The van der Waals surface area contributed by atoms with Gasteiger partial charge >= 0.3 is 0 Å². The maximum Gasteiger partial charge on any atom is 0.279 e. The summed E-state index contributed by atoms with van der Waals surface area (Å²) in [6.07, 6.45) is 5.10. The second-order valence-electron chi connectivity index (χ2n) is 8.98. The first-order valence-corrected chi connectivity index (χ1v) is 12.3. The summed E-state index contributed by atoms with van der Waals surface area (Å²) in [4.78, 5) is 39.4. The summed E-state index contributed by atoms with van der Waals surface area (Å²) < 4.78 is 7.81. The van der Waals surface area contributed by atoms with E-state index in [2.05, 4.69) is 40.7 Å². The van der Waals surface area contributed by atoms with Crippen molar-refractivity contribution in [2.45, 2.75) is 59.9 Å². The number of pyridine rings is 1. The first kappa shape index (κ1) is 24.1. The molecular formula is C25H34N6O3. The molecule has 0 spiro atoms. The zero-order chi connectivity index (χ0) is 24.2. The number of aromatic amines is 1. The second kappa shape index (κ2) is 10.5. The van der Waals surface area contributed by atoms with Crippen molar-refractivity contribution < 1.29 is 9.53 Å². The van der Waals surface area contributed by atoms with Crippen LogP contribution in [0.2, 0.25) is 0 Å². The van der Waals surface area contributed by atoms with Crippen LogP contribution in [0.15, 0.2) is 17.1 Å². The largest absolute Gasteiger partial charge is 0.477 e. The van der Waals surface area contributed by atoms with Gasteiger partial charge in [-0.25, -0.2) is 9.97 Å². The minimum Gasteiger partial charge on any atom is -0.477 e. The summed E-state index contributed by atoms with van der Waals surface area (Å²) in [6, 6.07) is 1.69. The fourth-order valence-electron chi connectivity index (χ4n) is 4.39. The quantitative estimate of drug-likeness (QED) is 0.341. The van der Waals surface area contributed by atoms with E-state index in [1.165, 1.54) is 13.1 Å². The molecule has 1 N–H and O–H groups in total. The summed E-state index contributed by atoms with van der Waals surface area (Å²) in [5.41, 5.74) is 2.52. The number of unbranched alkanes of at least 4 members (excludes halogenated alkanes) is 1. The van der Waals surface area contributed by atoms with Gasteiger partial charge in [0.1, 0.15) is 11.3 Å². The summed E-state index contributed by atoms with van der Waals surface area (Å²) >= 11 is 0. The van der Waals surface area contributed by atoms with Crippen molar-refractivity contribution in [1.29, 1.82) is 0 Å². The molecule has 0 amide bonds. The standard InChI is InChI=1S/C25H34N6O3/c1-5-8-11-34-25-19(12-18(13-26-25)16(4)32)23-27-21-20(6-2)31(29-22(21)24(33)28-23)10-9-17-14-30(7-3)15-17/h12-13,17H,5-11,14-15H2,1-4H3,(H,27,28,33). The Balaban J connectivity index is 1.70. The van der Waals surface area contributed by atoms with E-state index >= 15 is 0 Å². The molecule has 0 radical (unpaired) electrons. The first-order chi connectivity index (χ1) is 16.4. The molecule has 1 saturated heterocycles. The Kier molecular flexibility index (Phi) is 7.41. The highest BCUT2D eigenvalue weighted by molar-refractivity contribution is 5.95. The molecule has 1 aliphatic rings. The monoisotopic (exact) mass is 466 g/mol. The molecule has 0 unspecified atom stereocenters. The second-order valence-corrected chi connectivity index (χ2v) is 8.98. The molecule has 34 heavy (non-hydrogen) atoms. The summed E-state index contributed by atoms with van der Waals surface area (Å²) in [6.45, 7) is 12.4. The van der Waals surface area contributed by atoms with Crippen LogP contribution in [0.5, 0.6) is 5.88 Å². The SMILES string of the molecule is CCCCOc1ncc(C(C)=O)cc1-c1nc2c(CC)n(CCC3CN(CC)C3)nc2c(=O)[nH]1. The third kappa shape index (κ3) is 4.89. The van der Waals surface area contributed by atoms with Crippen LogP contribution in [-0.2, 0) is 13.0 Å². The zero-order valence-electron chi connectivity index (χ0n) is 20.6. The topological polar surface area (TPSA) is 106 Å². The van der Waals surface area contributed by atoms with Crippen LogP contribution in [0.25, 0.3) is 22.4 Å². The lowest BCUT2D eigenvalue weighted by Crippen LogP contribution is -2.46. The molecule has 0 aromatic carbocycles. The van der Waals surface area contributed by atoms with E-state index in [4.69, 9.17) is 9.72 Å². The number of carbonyl (C=O) groups excluding carboxylic acids is 1. The molecule has 9 nitrogen and oxygen atoms in total. The van der Waals surface area contributed by atoms with Gasteiger partial charge in [0.15, 0.2) is 11.3 Å². The third-order valence-corrected chi connectivity index (χ3v) is 6.51. The van der Waals surface area contributed by atoms with Gasteiger partial charge in [-0.05, 0) is 44.7 Å². The molecule has 1 fully saturated rings. The maximum absolute atomic E-state index is 13.0. The van der Waals surface area contributed by atoms with Crippen LogP contribution in [-0.4, -0.2) is 61.7 Å². The number of ether oxygens (including phenoxy) is 1. The van der Waals surface area contributed by atoms with Crippen molar-refractivity contribution in [3.05, 3.63) is 33.9 Å². The third-order valence-electron chi connectivity index (χ3n) is 6.51. The van der Waals surface area contributed by atoms with Crippen LogP contribution in [0.1, 0.15) is 63.0 Å². The van der Waals surface area contributed by atoms with E-state index in [0.717, 1.165) is 51.1 Å². The van der Waals surface area contributed by atoms with Gasteiger partial charge in [0.2, 0.25) is 5.88 Å². The Morgan fingerprint density at radius 2 is 2.03 bits per heavy atom. The summed E-state index contributed by atoms with van der Waals surface area (Å²) in [5, 5.41) is 4.61. The lowest BCUT2D eigenvalue weighted by Gasteiger charge is -2.38. The Hall–Kier alpha value is -3.07. The molecule has 0 bridgehead atoms. The van der Waals surface area contributed by atoms with Gasteiger partial charge in [0.05, 0.1) is 17.9 Å². The lowest BCUT2D eigenvalue weighted by molar-refractivity contribution is 0.0967. The van der Waals surface area contributed by atoms with Crippen molar-refractivity contribution in [1.82, 2.24) is 29.6 Å². The predicted octanol–water partition coefficient (Wildman–Crippen LogP) is 3.47. The number of aromatic nitrogens is 5. The number of H-pyrrole nitrogens is 1. The number of hydrogen-bond donors (Lipinski definition) is 1. The van der Waals surface area contributed by atoms with E-state index in [1.807, 2.05) is 4.68 Å². The van der Waals surface area contributed by atoms with Crippen LogP contribution >= 0.6 is 0 Å². The molecule has 182 valence electrons.